The minimum atomic E-state index is -0.370. The van der Waals surface area contributed by atoms with Gasteiger partial charge in [-0.15, -0.1) is 0 Å². The second kappa shape index (κ2) is 5.25. The molecule has 0 unspecified atom stereocenters. The van der Waals surface area contributed by atoms with Crippen LogP contribution in [-0.2, 0) is 25.6 Å². The van der Waals surface area contributed by atoms with Gasteiger partial charge in [0, 0.05) is 12.8 Å². The van der Waals surface area contributed by atoms with Crippen molar-refractivity contribution in [3.63, 3.8) is 0 Å². The van der Waals surface area contributed by atoms with Crippen LogP contribution in [0, 0.1) is 0 Å². The van der Waals surface area contributed by atoms with Gasteiger partial charge in [-0.3, -0.25) is 4.79 Å². The van der Waals surface area contributed by atoms with E-state index in [1.165, 1.54) is 5.06 Å². The molecule has 0 radical (unpaired) electrons. The van der Waals surface area contributed by atoms with Gasteiger partial charge >= 0.3 is 5.97 Å². The zero-order valence-corrected chi connectivity index (χ0v) is 11.4. The van der Waals surface area contributed by atoms with Gasteiger partial charge in [0.05, 0.1) is 6.10 Å². The van der Waals surface area contributed by atoms with E-state index in [-0.39, 0.29) is 30.6 Å². The van der Waals surface area contributed by atoms with E-state index in [0.717, 1.165) is 17.5 Å². The van der Waals surface area contributed by atoms with Crippen molar-refractivity contribution in [1.82, 2.24) is 5.06 Å². The zero-order valence-electron chi connectivity index (χ0n) is 11.4. The maximum absolute atomic E-state index is 12.0. The highest BCUT2D eigenvalue weighted by Gasteiger charge is 2.45. The van der Waals surface area contributed by atoms with E-state index in [4.69, 9.17) is 9.57 Å². The maximum Gasteiger partial charge on any atom is 0.332 e. The molecule has 5 nitrogen and oxygen atoms in total. The summed E-state index contributed by atoms with van der Waals surface area (Å²) in [4.78, 5) is 29.0. The second-order valence-electron chi connectivity index (χ2n) is 5.13. The maximum atomic E-state index is 12.0. The molecule has 1 aromatic rings. The fraction of sp³-hybridized carbons (Fsp3) is 0.467. The molecule has 1 amide bonds. The third kappa shape index (κ3) is 2.18. The number of fused-ring (bicyclic) bond motifs is 3. The van der Waals surface area contributed by atoms with Crippen LogP contribution in [0.4, 0.5) is 0 Å². The Balaban J connectivity index is 1.87. The smallest absolute Gasteiger partial charge is 0.332 e. The molecule has 3 rings (SSSR count). The minimum Gasteiger partial charge on any atom is -0.365 e. The summed E-state index contributed by atoms with van der Waals surface area (Å²) in [6.45, 7) is 1.87. The molecule has 0 saturated carbocycles. The standard InChI is InChI=1S/C15H17NO4/c1-2-5-14(18)20-16-13(17)9-19-12-8-10-6-3-4-7-11(10)15(12)16/h3-4,6-7,12,15H,2,5,8-9H2,1H3/t12-,15+/m1/s1. The third-order valence-corrected chi connectivity index (χ3v) is 3.72. The Bertz CT molecular complexity index is 542. The lowest BCUT2D eigenvalue weighted by Crippen LogP contribution is -2.48. The largest absolute Gasteiger partial charge is 0.365 e. The van der Waals surface area contributed by atoms with Crippen LogP contribution in [0.15, 0.2) is 24.3 Å². The first-order valence-corrected chi connectivity index (χ1v) is 6.93. The van der Waals surface area contributed by atoms with Crippen LogP contribution in [0.25, 0.3) is 0 Å². The summed E-state index contributed by atoms with van der Waals surface area (Å²) < 4.78 is 5.59. The van der Waals surface area contributed by atoms with Gasteiger partial charge in [-0.2, -0.15) is 5.06 Å². The highest BCUT2D eigenvalue weighted by atomic mass is 16.7. The summed E-state index contributed by atoms with van der Waals surface area (Å²) in [5.41, 5.74) is 2.16. The SMILES string of the molecule is CCCC(=O)ON1C(=O)CO[C@@H]2Cc3ccccc3[C@@H]21. The van der Waals surface area contributed by atoms with Crippen molar-refractivity contribution in [3.8, 4) is 0 Å². The summed E-state index contributed by atoms with van der Waals surface area (Å²) in [6, 6.07) is 7.56. The van der Waals surface area contributed by atoms with Gasteiger partial charge in [-0.1, -0.05) is 31.2 Å². The van der Waals surface area contributed by atoms with Crippen LogP contribution >= 0.6 is 0 Å². The first-order valence-electron chi connectivity index (χ1n) is 6.93. The van der Waals surface area contributed by atoms with Crippen molar-refractivity contribution in [2.75, 3.05) is 6.61 Å². The average Bonchev–Trinajstić information content (AvgIpc) is 2.81. The van der Waals surface area contributed by atoms with E-state index < -0.39 is 0 Å². The van der Waals surface area contributed by atoms with Gasteiger partial charge < -0.3 is 9.57 Å². The van der Waals surface area contributed by atoms with Gasteiger partial charge in [-0.05, 0) is 17.5 Å². The molecule has 1 heterocycles. The minimum absolute atomic E-state index is 0.0332. The van der Waals surface area contributed by atoms with E-state index in [1.54, 1.807) is 0 Å². The Morgan fingerprint density at radius 1 is 1.45 bits per heavy atom. The van der Waals surface area contributed by atoms with Crippen molar-refractivity contribution in [2.24, 2.45) is 0 Å². The van der Waals surface area contributed by atoms with Crippen LogP contribution < -0.4 is 0 Å². The molecule has 1 fully saturated rings. The lowest BCUT2D eigenvalue weighted by molar-refractivity contribution is -0.233. The number of morpholine rings is 1. The summed E-state index contributed by atoms with van der Waals surface area (Å²) in [6.07, 6.45) is 1.63. The molecule has 0 N–H and O–H groups in total. The first-order chi connectivity index (χ1) is 9.70. The number of hydroxylamine groups is 2. The molecule has 1 aromatic carbocycles. The predicted molar refractivity (Wildman–Crippen MR) is 70.5 cm³/mol. The number of benzene rings is 1. The van der Waals surface area contributed by atoms with Gasteiger partial charge in [0.1, 0.15) is 12.6 Å². The quantitative estimate of drug-likeness (QED) is 0.843. The van der Waals surface area contributed by atoms with Crippen molar-refractivity contribution in [2.45, 2.75) is 38.3 Å². The molecule has 0 spiro atoms. The van der Waals surface area contributed by atoms with Crippen LogP contribution in [0.1, 0.15) is 36.9 Å². The molecule has 1 aliphatic carbocycles. The number of amides is 1. The van der Waals surface area contributed by atoms with E-state index in [0.29, 0.717) is 12.8 Å². The van der Waals surface area contributed by atoms with Crippen LogP contribution in [0.3, 0.4) is 0 Å². The fourth-order valence-corrected chi connectivity index (χ4v) is 2.83. The summed E-state index contributed by atoms with van der Waals surface area (Å²) >= 11 is 0. The lowest BCUT2D eigenvalue weighted by Gasteiger charge is -2.35. The van der Waals surface area contributed by atoms with E-state index in [1.807, 2.05) is 31.2 Å². The van der Waals surface area contributed by atoms with Crippen molar-refractivity contribution < 1.29 is 19.2 Å². The molecule has 5 heteroatoms. The Kier molecular flexibility index (Phi) is 3.44. The third-order valence-electron chi connectivity index (χ3n) is 3.72. The molecule has 2 atom stereocenters. The molecule has 2 aliphatic rings. The van der Waals surface area contributed by atoms with Crippen LogP contribution in [0.2, 0.25) is 0 Å². The van der Waals surface area contributed by atoms with Crippen molar-refractivity contribution in [1.29, 1.82) is 0 Å². The topological polar surface area (TPSA) is 55.8 Å². The molecule has 1 saturated heterocycles. The van der Waals surface area contributed by atoms with Crippen molar-refractivity contribution in [3.05, 3.63) is 35.4 Å². The number of carbonyl (C=O) groups excluding carboxylic acids is 2. The Morgan fingerprint density at radius 2 is 2.25 bits per heavy atom. The van der Waals surface area contributed by atoms with Gasteiger partial charge in [-0.25, -0.2) is 4.79 Å². The van der Waals surface area contributed by atoms with E-state index in [2.05, 4.69) is 0 Å². The predicted octanol–water partition coefficient (Wildman–Crippen LogP) is 1.77. The summed E-state index contributed by atoms with van der Waals surface area (Å²) in [7, 11) is 0. The van der Waals surface area contributed by atoms with Gasteiger partial charge in [0.25, 0.3) is 5.91 Å². The van der Waals surface area contributed by atoms with Crippen LogP contribution in [-0.4, -0.2) is 29.7 Å². The molecule has 106 valence electrons. The van der Waals surface area contributed by atoms with Crippen molar-refractivity contribution >= 4 is 11.9 Å². The molecule has 0 aromatic heterocycles. The van der Waals surface area contributed by atoms with Gasteiger partial charge in [0.2, 0.25) is 0 Å². The Labute approximate surface area is 117 Å². The highest BCUT2D eigenvalue weighted by molar-refractivity contribution is 5.80. The zero-order chi connectivity index (χ0) is 14.1. The van der Waals surface area contributed by atoms with Crippen LogP contribution in [0.5, 0.6) is 0 Å². The summed E-state index contributed by atoms with van der Waals surface area (Å²) in [5, 5.41) is 1.22. The lowest BCUT2D eigenvalue weighted by atomic mass is 10.1. The molecule has 0 bridgehead atoms. The molecule has 1 aliphatic heterocycles. The first kappa shape index (κ1) is 13.1. The molecular weight excluding hydrogens is 258 g/mol. The van der Waals surface area contributed by atoms with E-state index in [9.17, 15) is 9.59 Å². The number of ether oxygens (including phenoxy) is 1. The van der Waals surface area contributed by atoms with Gasteiger partial charge in [0.15, 0.2) is 0 Å². The summed E-state index contributed by atoms with van der Waals surface area (Å²) in [5.74, 6) is -0.668. The normalized spacial score (nSPS) is 24.2. The molecular formula is C15H17NO4. The highest BCUT2D eigenvalue weighted by Crippen LogP contribution is 2.40. The Morgan fingerprint density at radius 3 is 3.05 bits per heavy atom. The van der Waals surface area contributed by atoms with E-state index >= 15 is 0 Å². The Hall–Kier alpha value is -1.88. The monoisotopic (exact) mass is 275 g/mol. The second-order valence-corrected chi connectivity index (χ2v) is 5.13. The molecule has 20 heavy (non-hydrogen) atoms. The fourth-order valence-electron chi connectivity index (χ4n) is 2.83. The number of hydrogen-bond acceptors (Lipinski definition) is 4. The number of carbonyl (C=O) groups is 2. The number of rotatable bonds is 3. The number of hydrogen-bond donors (Lipinski definition) is 0. The number of nitrogens with zero attached hydrogens (tertiary/aromatic N) is 1. The average molecular weight is 275 g/mol.